The maximum absolute atomic E-state index is 11.9. The summed E-state index contributed by atoms with van der Waals surface area (Å²) in [7, 11) is 0. The van der Waals surface area contributed by atoms with E-state index >= 15 is 0 Å². The number of ether oxygens (including phenoxy) is 1. The lowest BCUT2D eigenvalue weighted by Gasteiger charge is -2.06. The van der Waals surface area contributed by atoms with E-state index in [-0.39, 0.29) is 25.5 Å². The summed E-state index contributed by atoms with van der Waals surface area (Å²) in [5, 5.41) is 8.34. The van der Waals surface area contributed by atoms with Gasteiger partial charge in [0.05, 0.1) is 12.1 Å². The van der Waals surface area contributed by atoms with Gasteiger partial charge in [-0.05, 0) is 24.6 Å². The number of carbonyl (C=O) groups excluding carboxylic acids is 2. The van der Waals surface area contributed by atoms with Crippen LogP contribution in [0.1, 0.15) is 16.8 Å². The Balaban J connectivity index is 1.39. The number of thiazole rings is 1. The molecule has 0 aliphatic carbocycles. The van der Waals surface area contributed by atoms with Crippen LogP contribution in [0.3, 0.4) is 0 Å². The van der Waals surface area contributed by atoms with Gasteiger partial charge in [0, 0.05) is 11.1 Å². The molecule has 0 atom stereocenters. The highest BCUT2D eigenvalue weighted by molar-refractivity contribution is 7.13. The lowest BCUT2D eigenvalue weighted by molar-refractivity contribution is -0.145. The topological polar surface area (TPSA) is 80.3 Å². The van der Waals surface area contributed by atoms with Crippen LogP contribution in [0.4, 0.5) is 10.8 Å². The summed E-state index contributed by atoms with van der Waals surface area (Å²) in [5.41, 5.74) is 3.69. The molecule has 0 bridgehead atoms. The van der Waals surface area contributed by atoms with Gasteiger partial charge in [-0.25, -0.2) is 4.98 Å². The van der Waals surface area contributed by atoms with Crippen molar-refractivity contribution in [2.75, 3.05) is 11.9 Å². The zero-order valence-electron chi connectivity index (χ0n) is 15.5. The average molecular weight is 395 g/mol. The summed E-state index contributed by atoms with van der Waals surface area (Å²) >= 11 is 1.44. The van der Waals surface area contributed by atoms with Crippen molar-refractivity contribution in [1.82, 2.24) is 10.3 Å². The highest BCUT2D eigenvalue weighted by Crippen LogP contribution is 2.21. The van der Waals surface area contributed by atoms with Crippen LogP contribution in [0.2, 0.25) is 0 Å². The Morgan fingerprint density at radius 2 is 1.82 bits per heavy atom. The molecule has 3 rings (SSSR count). The van der Waals surface area contributed by atoms with Crippen LogP contribution in [-0.4, -0.2) is 23.4 Å². The van der Waals surface area contributed by atoms with E-state index in [0.29, 0.717) is 5.69 Å². The number of hydrogen-bond donors (Lipinski definition) is 2. The molecule has 0 aliphatic rings. The van der Waals surface area contributed by atoms with Gasteiger partial charge in [0.2, 0.25) is 5.91 Å². The van der Waals surface area contributed by atoms with Crippen LogP contribution >= 0.6 is 11.3 Å². The molecule has 0 spiro atoms. The molecule has 0 saturated carbocycles. The van der Waals surface area contributed by atoms with Gasteiger partial charge in [-0.1, -0.05) is 48.0 Å². The molecule has 0 aliphatic heterocycles. The first-order chi connectivity index (χ1) is 13.6. The quantitative estimate of drug-likeness (QED) is 0.570. The molecule has 1 aromatic heterocycles. The first-order valence-electron chi connectivity index (χ1n) is 8.83. The second-order valence-electron chi connectivity index (χ2n) is 6.23. The maximum atomic E-state index is 11.9. The number of anilines is 2. The normalized spacial score (nSPS) is 10.3. The highest BCUT2D eigenvalue weighted by atomic mass is 32.1. The molecule has 28 heavy (non-hydrogen) atoms. The molecule has 0 unspecified atom stereocenters. The van der Waals surface area contributed by atoms with Crippen LogP contribution in [-0.2, 0) is 27.4 Å². The summed E-state index contributed by atoms with van der Waals surface area (Å²) < 4.78 is 5.17. The lowest BCUT2D eigenvalue weighted by atomic mass is 10.1. The first kappa shape index (κ1) is 19.6. The predicted molar refractivity (Wildman–Crippen MR) is 110 cm³/mol. The van der Waals surface area contributed by atoms with Crippen molar-refractivity contribution >= 4 is 34.0 Å². The van der Waals surface area contributed by atoms with Gasteiger partial charge in [0.15, 0.2) is 5.13 Å². The van der Waals surface area contributed by atoms with Gasteiger partial charge >= 0.3 is 5.97 Å². The number of amides is 1. The molecule has 1 amide bonds. The van der Waals surface area contributed by atoms with Crippen molar-refractivity contribution in [3.8, 4) is 0 Å². The summed E-state index contributed by atoms with van der Waals surface area (Å²) in [6.07, 6.45) is 0.230. The van der Waals surface area contributed by atoms with E-state index in [1.165, 1.54) is 16.9 Å². The standard InChI is InChI=1S/C21H21N3O3S/c1-15-7-9-17(10-8-15)23-21-24-18(14-28-21)13-27-20(26)12-22-19(25)11-16-5-3-2-4-6-16/h2-10,14H,11-13H2,1H3,(H,22,25)(H,23,24). The van der Waals surface area contributed by atoms with E-state index < -0.39 is 5.97 Å². The number of nitrogens with one attached hydrogen (secondary N) is 2. The minimum Gasteiger partial charge on any atom is -0.458 e. The first-order valence-corrected chi connectivity index (χ1v) is 9.71. The number of hydrogen-bond acceptors (Lipinski definition) is 6. The number of carbonyl (C=O) groups is 2. The third-order valence-corrected chi connectivity index (χ3v) is 4.68. The molecule has 1 heterocycles. The Bertz CT molecular complexity index is 924. The number of aryl methyl sites for hydroxylation is 1. The third kappa shape index (κ3) is 6.21. The van der Waals surface area contributed by atoms with E-state index in [0.717, 1.165) is 16.4 Å². The second kappa shape index (κ2) is 9.66. The number of nitrogens with zero attached hydrogens (tertiary/aromatic N) is 1. The van der Waals surface area contributed by atoms with E-state index in [9.17, 15) is 9.59 Å². The van der Waals surface area contributed by atoms with E-state index in [1.807, 2.05) is 66.9 Å². The van der Waals surface area contributed by atoms with E-state index in [2.05, 4.69) is 15.6 Å². The Morgan fingerprint density at radius 3 is 2.57 bits per heavy atom. The Kier molecular flexibility index (Phi) is 6.75. The van der Waals surface area contributed by atoms with Crippen molar-refractivity contribution in [2.45, 2.75) is 20.0 Å². The van der Waals surface area contributed by atoms with Crippen LogP contribution in [0.5, 0.6) is 0 Å². The molecular formula is C21H21N3O3S. The number of rotatable bonds is 8. The van der Waals surface area contributed by atoms with Gasteiger partial charge < -0.3 is 15.4 Å². The van der Waals surface area contributed by atoms with Crippen molar-refractivity contribution in [3.05, 3.63) is 76.8 Å². The average Bonchev–Trinajstić information content (AvgIpc) is 3.15. The molecule has 144 valence electrons. The Morgan fingerprint density at radius 1 is 1.07 bits per heavy atom. The SMILES string of the molecule is Cc1ccc(Nc2nc(COC(=O)CNC(=O)Cc3ccccc3)cs2)cc1. The number of aromatic nitrogens is 1. The fourth-order valence-corrected chi connectivity index (χ4v) is 3.13. The minimum absolute atomic E-state index is 0.0689. The van der Waals surface area contributed by atoms with Crippen molar-refractivity contribution in [2.24, 2.45) is 0 Å². The number of esters is 1. The lowest BCUT2D eigenvalue weighted by Crippen LogP contribution is -2.31. The van der Waals surface area contributed by atoms with Gasteiger partial charge in [-0.15, -0.1) is 11.3 Å². The monoisotopic (exact) mass is 395 g/mol. The predicted octanol–water partition coefficient (Wildman–Crippen LogP) is 3.60. The summed E-state index contributed by atoms with van der Waals surface area (Å²) in [4.78, 5) is 28.1. The zero-order chi connectivity index (χ0) is 19.8. The van der Waals surface area contributed by atoms with E-state index in [1.54, 1.807) is 0 Å². The molecule has 6 nitrogen and oxygen atoms in total. The van der Waals surface area contributed by atoms with Crippen molar-refractivity contribution < 1.29 is 14.3 Å². The minimum atomic E-state index is -0.498. The molecule has 0 radical (unpaired) electrons. The largest absolute Gasteiger partial charge is 0.458 e. The summed E-state index contributed by atoms with van der Waals surface area (Å²) in [5.74, 6) is -0.719. The maximum Gasteiger partial charge on any atom is 0.325 e. The summed E-state index contributed by atoms with van der Waals surface area (Å²) in [6, 6.07) is 17.3. The summed E-state index contributed by atoms with van der Waals surface area (Å²) in [6.45, 7) is 1.94. The van der Waals surface area contributed by atoms with Crippen molar-refractivity contribution in [3.63, 3.8) is 0 Å². The van der Waals surface area contributed by atoms with Crippen LogP contribution < -0.4 is 10.6 Å². The zero-order valence-corrected chi connectivity index (χ0v) is 16.3. The van der Waals surface area contributed by atoms with Crippen LogP contribution in [0.15, 0.2) is 60.0 Å². The Hall–Kier alpha value is -3.19. The molecular weight excluding hydrogens is 374 g/mol. The molecule has 0 fully saturated rings. The van der Waals surface area contributed by atoms with Gasteiger partial charge in [-0.3, -0.25) is 9.59 Å². The molecule has 0 saturated heterocycles. The van der Waals surface area contributed by atoms with Gasteiger partial charge in [0.1, 0.15) is 13.2 Å². The van der Waals surface area contributed by atoms with Crippen molar-refractivity contribution in [1.29, 1.82) is 0 Å². The Labute approximate surface area is 167 Å². The van der Waals surface area contributed by atoms with Crippen LogP contribution in [0, 0.1) is 6.92 Å². The van der Waals surface area contributed by atoms with Gasteiger partial charge in [-0.2, -0.15) is 0 Å². The molecule has 7 heteroatoms. The smallest absolute Gasteiger partial charge is 0.325 e. The second-order valence-corrected chi connectivity index (χ2v) is 7.09. The molecule has 2 aromatic carbocycles. The molecule has 3 aromatic rings. The van der Waals surface area contributed by atoms with Crippen LogP contribution in [0.25, 0.3) is 0 Å². The highest BCUT2D eigenvalue weighted by Gasteiger charge is 2.09. The van der Waals surface area contributed by atoms with Gasteiger partial charge in [0.25, 0.3) is 0 Å². The number of benzene rings is 2. The fraction of sp³-hybridized carbons (Fsp3) is 0.190. The molecule has 2 N–H and O–H groups in total. The fourth-order valence-electron chi connectivity index (χ4n) is 2.41. The third-order valence-electron chi connectivity index (χ3n) is 3.87. The van der Waals surface area contributed by atoms with E-state index in [4.69, 9.17) is 4.74 Å².